The fraction of sp³-hybridized carbons (Fsp3) is 0.105. The van der Waals surface area contributed by atoms with Gasteiger partial charge in [-0.1, -0.05) is 22.0 Å². The number of hydrogen-bond acceptors (Lipinski definition) is 4. The number of nitrogens with one attached hydrogen (secondary N) is 1. The van der Waals surface area contributed by atoms with Gasteiger partial charge in [-0.25, -0.2) is 4.98 Å². The number of aryl methyl sites for hydroxylation is 2. The maximum atomic E-state index is 12.3. The predicted octanol–water partition coefficient (Wildman–Crippen LogP) is 4.90. The summed E-state index contributed by atoms with van der Waals surface area (Å²) in [6.07, 6.45) is 1.56. The molecule has 0 aliphatic heterocycles. The van der Waals surface area contributed by atoms with E-state index >= 15 is 0 Å². The van der Waals surface area contributed by atoms with Gasteiger partial charge in [0.1, 0.15) is 5.75 Å². The average molecular weight is 398 g/mol. The Labute approximate surface area is 154 Å². The van der Waals surface area contributed by atoms with Crippen molar-refractivity contribution in [3.63, 3.8) is 0 Å². The molecule has 1 amide bonds. The van der Waals surface area contributed by atoms with Crippen LogP contribution in [0.15, 0.2) is 59.2 Å². The van der Waals surface area contributed by atoms with Crippen molar-refractivity contribution in [2.75, 3.05) is 5.32 Å². The van der Waals surface area contributed by atoms with Crippen LogP contribution in [0.4, 0.5) is 5.69 Å². The van der Waals surface area contributed by atoms with Crippen LogP contribution in [0.1, 0.15) is 21.7 Å². The number of benzene rings is 1. The number of pyridine rings is 2. The minimum atomic E-state index is -0.215. The summed E-state index contributed by atoms with van der Waals surface area (Å²) < 4.78 is 6.60. The normalized spacial score (nSPS) is 10.4. The minimum absolute atomic E-state index is 0.215. The molecule has 6 heteroatoms. The van der Waals surface area contributed by atoms with Gasteiger partial charge in [-0.15, -0.1) is 0 Å². The number of hydrogen-bond donors (Lipinski definition) is 1. The van der Waals surface area contributed by atoms with Gasteiger partial charge < -0.3 is 10.1 Å². The summed E-state index contributed by atoms with van der Waals surface area (Å²) in [5, 5.41) is 2.81. The molecule has 2 heterocycles. The van der Waals surface area contributed by atoms with Gasteiger partial charge in [0.05, 0.1) is 23.1 Å². The summed E-state index contributed by atoms with van der Waals surface area (Å²) in [4.78, 5) is 20.9. The molecule has 0 atom stereocenters. The van der Waals surface area contributed by atoms with E-state index in [1.165, 1.54) is 0 Å². The number of halogens is 1. The lowest BCUT2D eigenvalue weighted by Crippen LogP contribution is -2.14. The zero-order valence-corrected chi connectivity index (χ0v) is 15.4. The quantitative estimate of drug-likeness (QED) is 0.679. The van der Waals surface area contributed by atoms with Crippen LogP contribution in [0, 0.1) is 13.8 Å². The topological polar surface area (TPSA) is 64.1 Å². The number of ether oxygens (including phenoxy) is 1. The monoisotopic (exact) mass is 397 g/mol. The van der Waals surface area contributed by atoms with E-state index in [0.29, 0.717) is 28.6 Å². The average Bonchev–Trinajstić information content (AvgIpc) is 2.56. The number of amides is 1. The lowest BCUT2D eigenvalue weighted by Gasteiger charge is -2.09. The first-order chi connectivity index (χ1) is 12.0. The predicted molar refractivity (Wildman–Crippen MR) is 100 cm³/mol. The molecular formula is C19H16BrN3O2. The van der Waals surface area contributed by atoms with Crippen LogP contribution >= 0.6 is 15.9 Å². The van der Waals surface area contributed by atoms with Crippen LogP contribution in [0.2, 0.25) is 0 Å². The molecule has 0 aliphatic carbocycles. The number of nitrogens with zero attached hydrogens (tertiary/aromatic N) is 2. The van der Waals surface area contributed by atoms with E-state index in [4.69, 9.17) is 4.74 Å². The fourth-order valence-corrected chi connectivity index (χ4v) is 2.67. The fourth-order valence-electron chi connectivity index (χ4n) is 2.29. The first-order valence-electron chi connectivity index (χ1n) is 7.66. The third kappa shape index (κ3) is 4.42. The van der Waals surface area contributed by atoms with Gasteiger partial charge in [-0.3, -0.25) is 9.78 Å². The van der Waals surface area contributed by atoms with Gasteiger partial charge in [-0.2, -0.15) is 0 Å². The number of carbonyl (C=O) groups excluding carboxylic acids is 1. The van der Waals surface area contributed by atoms with Gasteiger partial charge in [0, 0.05) is 16.2 Å². The maximum Gasteiger partial charge on any atom is 0.257 e. The molecule has 0 saturated carbocycles. The van der Waals surface area contributed by atoms with E-state index in [9.17, 15) is 4.79 Å². The summed E-state index contributed by atoms with van der Waals surface area (Å²) in [6, 6.07) is 14.5. The molecule has 3 aromatic rings. The summed E-state index contributed by atoms with van der Waals surface area (Å²) in [6.45, 7) is 3.71. The van der Waals surface area contributed by atoms with E-state index in [1.807, 2.05) is 44.2 Å². The second-order valence-corrected chi connectivity index (χ2v) is 6.40. The standard InChI is InChI=1S/C19H16BrN3O2/c1-12-6-8-17(13(2)22-12)19(24)23-15-7-9-18(21-11-15)25-16-5-3-4-14(20)10-16/h3-11H,1-2H3,(H,23,24). The van der Waals surface area contributed by atoms with Crippen LogP contribution in [0.25, 0.3) is 0 Å². The minimum Gasteiger partial charge on any atom is -0.439 e. The van der Waals surface area contributed by atoms with Crippen LogP contribution < -0.4 is 10.1 Å². The van der Waals surface area contributed by atoms with Gasteiger partial charge in [0.2, 0.25) is 5.88 Å². The van der Waals surface area contributed by atoms with E-state index in [1.54, 1.807) is 24.4 Å². The summed E-state index contributed by atoms with van der Waals surface area (Å²) in [5.41, 5.74) is 2.71. The van der Waals surface area contributed by atoms with Crippen LogP contribution in [0.3, 0.4) is 0 Å². The van der Waals surface area contributed by atoms with E-state index in [-0.39, 0.29) is 5.91 Å². The number of rotatable bonds is 4. The molecule has 0 fully saturated rings. The summed E-state index contributed by atoms with van der Waals surface area (Å²) >= 11 is 3.39. The van der Waals surface area contributed by atoms with E-state index in [2.05, 4.69) is 31.2 Å². The van der Waals surface area contributed by atoms with Crippen molar-refractivity contribution >= 4 is 27.5 Å². The van der Waals surface area contributed by atoms with Crippen molar-refractivity contribution in [2.24, 2.45) is 0 Å². The third-order valence-electron chi connectivity index (χ3n) is 3.48. The molecule has 0 unspecified atom stereocenters. The van der Waals surface area contributed by atoms with Crippen LogP contribution in [-0.2, 0) is 0 Å². The largest absolute Gasteiger partial charge is 0.439 e. The second kappa shape index (κ2) is 7.44. The molecule has 25 heavy (non-hydrogen) atoms. The molecule has 0 radical (unpaired) electrons. The Kier molecular flexibility index (Phi) is 5.09. The summed E-state index contributed by atoms with van der Waals surface area (Å²) in [7, 11) is 0. The highest BCUT2D eigenvalue weighted by atomic mass is 79.9. The first-order valence-corrected chi connectivity index (χ1v) is 8.45. The smallest absolute Gasteiger partial charge is 0.257 e. The van der Waals surface area contributed by atoms with Gasteiger partial charge in [-0.05, 0) is 50.2 Å². The highest BCUT2D eigenvalue weighted by molar-refractivity contribution is 9.10. The Morgan fingerprint density at radius 2 is 1.96 bits per heavy atom. The lowest BCUT2D eigenvalue weighted by molar-refractivity contribution is 0.102. The number of carbonyl (C=O) groups is 1. The maximum absolute atomic E-state index is 12.3. The van der Waals surface area contributed by atoms with Crippen LogP contribution in [0.5, 0.6) is 11.6 Å². The van der Waals surface area contributed by atoms with Crippen molar-refractivity contribution in [3.05, 3.63) is 76.2 Å². The highest BCUT2D eigenvalue weighted by Gasteiger charge is 2.10. The van der Waals surface area contributed by atoms with Crippen molar-refractivity contribution < 1.29 is 9.53 Å². The molecule has 126 valence electrons. The van der Waals surface area contributed by atoms with E-state index in [0.717, 1.165) is 10.2 Å². The molecule has 2 aromatic heterocycles. The Hall–Kier alpha value is -2.73. The first kappa shape index (κ1) is 17.1. The molecule has 0 bridgehead atoms. The van der Waals surface area contributed by atoms with Crippen molar-refractivity contribution in [1.29, 1.82) is 0 Å². The Morgan fingerprint density at radius 3 is 2.64 bits per heavy atom. The SMILES string of the molecule is Cc1ccc(C(=O)Nc2ccc(Oc3cccc(Br)c3)nc2)c(C)n1. The number of anilines is 1. The molecule has 1 N–H and O–H groups in total. The highest BCUT2D eigenvalue weighted by Crippen LogP contribution is 2.23. The number of aromatic nitrogens is 2. The zero-order valence-electron chi connectivity index (χ0n) is 13.8. The zero-order chi connectivity index (χ0) is 17.8. The Morgan fingerprint density at radius 1 is 1.12 bits per heavy atom. The molecule has 5 nitrogen and oxygen atoms in total. The van der Waals surface area contributed by atoms with E-state index < -0.39 is 0 Å². The van der Waals surface area contributed by atoms with Crippen molar-refractivity contribution in [3.8, 4) is 11.6 Å². The summed E-state index contributed by atoms with van der Waals surface area (Å²) in [5.74, 6) is 0.914. The van der Waals surface area contributed by atoms with Gasteiger partial charge >= 0.3 is 0 Å². The van der Waals surface area contributed by atoms with Crippen molar-refractivity contribution in [2.45, 2.75) is 13.8 Å². The van der Waals surface area contributed by atoms with Gasteiger partial charge in [0.25, 0.3) is 5.91 Å². The molecule has 1 aromatic carbocycles. The molecule has 0 saturated heterocycles. The molecular weight excluding hydrogens is 382 g/mol. The third-order valence-corrected chi connectivity index (χ3v) is 3.98. The Balaban J connectivity index is 1.69. The molecule has 0 aliphatic rings. The Bertz CT molecular complexity index is 911. The van der Waals surface area contributed by atoms with Gasteiger partial charge in [0.15, 0.2) is 0 Å². The second-order valence-electron chi connectivity index (χ2n) is 5.48. The lowest BCUT2D eigenvalue weighted by atomic mass is 10.1. The van der Waals surface area contributed by atoms with Crippen LogP contribution in [-0.4, -0.2) is 15.9 Å². The molecule has 0 spiro atoms. The van der Waals surface area contributed by atoms with Crippen molar-refractivity contribution in [1.82, 2.24) is 9.97 Å². The molecule has 3 rings (SSSR count).